The monoisotopic (exact) mass is 204 g/mol. The molecule has 0 aliphatic heterocycles. The molecule has 78 valence electrons. The van der Waals surface area contributed by atoms with Gasteiger partial charge in [-0.1, -0.05) is 13.8 Å². The molecular formula is C9H20N2OS. The Morgan fingerprint density at radius 3 is 2.62 bits per heavy atom. The van der Waals surface area contributed by atoms with Gasteiger partial charge in [-0.25, -0.2) is 0 Å². The van der Waals surface area contributed by atoms with Crippen molar-refractivity contribution in [2.24, 2.45) is 11.7 Å². The second-order valence-electron chi connectivity index (χ2n) is 3.41. The minimum absolute atomic E-state index is 0.0314. The first-order valence-electron chi connectivity index (χ1n) is 4.61. The molecule has 4 heteroatoms. The molecule has 0 aliphatic carbocycles. The van der Waals surface area contributed by atoms with Crippen LogP contribution in [0.3, 0.4) is 0 Å². The number of thioether (sulfide) groups is 1. The van der Waals surface area contributed by atoms with E-state index in [-0.39, 0.29) is 17.9 Å². The summed E-state index contributed by atoms with van der Waals surface area (Å²) in [5.41, 5.74) is 5.66. The molecule has 0 aromatic rings. The van der Waals surface area contributed by atoms with Crippen LogP contribution in [-0.4, -0.2) is 30.5 Å². The molecule has 0 unspecified atom stereocenters. The van der Waals surface area contributed by atoms with E-state index in [9.17, 15) is 4.79 Å². The molecule has 0 bridgehead atoms. The van der Waals surface area contributed by atoms with Crippen molar-refractivity contribution in [1.29, 1.82) is 0 Å². The quantitative estimate of drug-likeness (QED) is 0.630. The Kier molecular flexibility index (Phi) is 7.09. The molecule has 13 heavy (non-hydrogen) atoms. The van der Waals surface area contributed by atoms with E-state index in [1.54, 1.807) is 11.8 Å². The minimum Gasteiger partial charge on any atom is -0.355 e. The number of nitrogens with one attached hydrogen (secondary N) is 1. The highest BCUT2D eigenvalue weighted by Gasteiger charge is 2.15. The molecule has 0 saturated heterocycles. The molecule has 0 saturated carbocycles. The van der Waals surface area contributed by atoms with Crippen LogP contribution in [0.4, 0.5) is 0 Å². The third-order valence-corrected chi connectivity index (χ3v) is 2.54. The molecule has 1 amide bonds. The van der Waals surface area contributed by atoms with Crippen LogP contribution < -0.4 is 11.1 Å². The molecule has 0 aromatic heterocycles. The largest absolute Gasteiger partial charge is 0.355 e. The summed E-state index contributed by atoms with van der Waals surface area (Å²) in [6, 6.07) is -0.366. The number of hydrogen-bond acceptors (Lipinski definition) is 3. The average molecular weight is 204 g/mol. The van der Waals surface area contributed by atoms with Gasteiger partial charge < -0.3 is 11.1 Å². The fourth-order valence-electron chi connectivity index (χ4n) is 0.849. The van der Waals surface area contributed by atoms with Crippen molar-refractivity contribution in [1.82, 2.24) is 5.32 Å². The Morgan fingerprint density at radius 1 is 1.54 bits per heavy atom. The first-order chi connectivity index (χ1) is 6.09. The zero-order chi connectivity index (χ0) is 10.3. The summed E-state index contributed by atoms with van der Waals surface area (Å²) >= 11 is 1.79. The first-order valence-corrected chi connectivity index (χ1v) is 6.01. The van der Waals surface area contributed by atoms with Crippen molar-refractivity contribution < 1.29 is 4.79 Å². The number of carbonyl (C=O) groups excluding carboxylic acids is 1. The lowest BCUT2D eigenvalue weighted by atomic mass is 10.1. The summed E-state index contributed by atoms with van der Waals surface area (Å²) in [6.45, 7) is 4.64. The van der Waals surface area contributed by atoms with Crippen LogP contribution in [0, 0.1) is 5.92 Å². The Hall–Kier alpha value is -0.220. The highest BCUT2D eigenvalue weighted by Crippen LogP contribution is 1.98. The van der Waals surface area contributed by atoms with Crippen molar-refractivity contribution in [3.05, 3.63) is 0 Å². The van der Waals surface area contributed by atoms with Crippen molar-refractivity contribution in [2.75, 3.05) is 18.6 Å². The van der Waals surface area contributed by atoms with E-state index >= 15 is 0 Å². The third kappa shape index (κ3) is 5.93. The van der Waals surface area contributed by atoms with Gasteiger partial charge in [0.15, 0.2) is 0 Å². The molecule has 0 spiro atoms. The van der Waals surface area contributed by atoms with Gasteiger partial charge >= 0.3 is 0 Å². The summed E-state index contributed by atoms with van der Waals surface area (Å²) < 4.78 is 0. The minimum atomic E-state index is -0.366. The van der Waals surface area contributed by atoms with Gasteiger partial charge in [-0.2, -0.15) is 11.8 Å². The van der Waals surface area contributed by atoms with E-state index in [4.69, 9.17) is 5.73 Å². The molecule has 3 nitrogen and oxygen atoms in total. The lowest BCUT2D eigenvalue weighted by Gasteiger charge is -2.14. The van der Waals surface area contributed by atoms with Gasteiger partial charge in [-0.05, 0) is 24.3 Å². The summed E-state index contributed by atoms with van der Waals surface area (Å²) in [5, 5.41) is 2.82. The maximum atomic E-state index is 11.3. The molecule has 0 aromatic carbocycles. The normalized spacial score (nSPS) is 13.0. The van der Waals surface area contributed by atoms with Crippen LogP contribution in [0.2, 0.25) is 0 Å². The zero-order valence-electron chi connectivity index (χ0n) is 8.67. The standard InChI is InChI=1S/C9H20N2OS/c1-7(2)8(10)9(12)11-5-4-6-13-3/h7-8H,4-6,10H2,1-3H3,(H,11,12)/t8-/m0/s1. The van der Waals surface area contributed by atoms with Gasteiger partial charge in [0.1, 0.15) is 0 Å². The number of hydrogen-bond donors (Lipinski definition) is 2. The third-order valence-electron chi connectivity index (χ3n) is 1.85. The van der Waals surface area contributed by atoms with Gasteiger partial charge in [0, 0.05) is 6.54 Å². The van der Waals surface area contributed by atoms with Crippen molar-refractivity contribution in [3.8, 4) is 0 Å². The van der Waals surface area contributed by atoms with Crippen molar-refractivity contribution in [2.45, 2.75) is 26.3 Å². The molecule has 0 fully saturated rings. The lowest BCUT2D eigenvalue weighted by molar-refractivity contribution is -0.123. The van der Waals surface area contributed by atoms with Gasteiger partial charge in [0.2, 0.25) is 5.91 Å². The maximum absolute atomic E-state index is 11.3. The molecule has 1 atom stereocenters. The smallest absolute Gasteiger partial charge is 0.237 e. The van der Waals surface area contributed by atoms with Gasteiger partial charge in [-0.3, -0.25) is 4.79 Å². The average Bonchev–Trinajstić information content (AvgIpc) is 2.10. The molecule has 0 rings (SSSR count). The van der Waals surface area contributed by atoms with Crippen LogP contribution >= 0.6 is 11.8 Å². The van der Waals surface area contributed by atoms with Gasteiger partial charge in [0.25, 0.3) is 0 Å². The van der Waals surface area contributed by atoms with Gasteiger partial charge in [-0.15, -0.1) is 0 Å². The van der Waals surface area contributed by atoms with Crippen molar-refractivity contribution >= 4 is 17.7 Å². The van der Waals surface area contributed by atoms with E-state index in [1.165, 1.54) is 0 Å². The Morgan fingerprint density at radius 2 is 2.15 bits per heavy atom. The lowest BCUT2D eigenvalue weighted by Crippen LogP contribution is -2.44. The van der Waals surface area contributed by atoms with E-state index < -0.39 is 0 Å². The Labute approximate surface area is 84.8 Å². The molecule has 0 heterocycles. The highest BCUT2D eigenvalue weighted by molar-refractivity contribution is 7.98. The highest BCUT2D eigenvalue weighted by atomic mass is 32.2. The second-order valence-corrected chi connectivity index (χ2v) is 4.39. The van der Waals surface area contributed by atoms with Crippen LogP contribution in [0.5, 0.6) is 0 Å². The fourth-order valence-corrected chi connectivity index (χ4v) is 1.28. The molecule has 3 N–H and O–H groups in total. The number of amides is 1. The van der Waals surface area contributed by atoms with E-state index in [1.807, 2.05) is 13.8 Å². The van der Waals surface area contributed by atoms with Crippen LogP contribution in [0.15, 0.2) is 0 Å². The summed E-state index contributed by atoms with van der Waals surface area (Å²) in [5.74, 6) is 1.26. The predicted molar refractivity (Wildman–Crippen MR) is 58.8 cm³/mol. The van der Waals surface area contributed by atoms with E-state index in [0.29, 0.717) is 0 Å². The van der Waals surface area contributed by atoms with Crippen LogP contribution in [0.25, 0.3) is 0 Å². The van der Waals surface area contributed by atoms with Crippen LogP contribution in [-0.2, 0) is 4.79 Å². The number of rotatable bonds is 6. The Balaban J connectivity index is 3.50. The summed E-state index contributed by atoms with van der Waals surface area (Å²) in [4.78, 5) is 11.3. The Bertz CT molecular complexity index is 151. The van der Waals surface area contributed by atoms with E-state index in [2.05, 4.69) is 11.6 Å². The SMILES string of the molecule is CSCCCNC(=O)[C@@H](N)C(C)C. The van der Waals surface area contributed by atoms with Gasteiger partial charge in [0.05, 0.1) is 6.04 Å². The van der Waals surface area contributed by atoms with Crippen LogP contribution in [0.1, 0.15) is 20.3 Å². The topological polar surface area (TPSA) is 55.1 Å². The number of nitrogens with two attached hydrogens (primary N) is 1. The van der Waals surface area contributed by atoms with E-state index in [0.717, 1.165) is 18.7 Å². The predicted octanol–water partition coefficient (Wildman–Crippen LogP) is 0.839. The molecular weight excluding hydrogens is 184 g/mol. The second kappa shape index (κ2) is 7.21. The zero-order valence-corrected chi connectivity index (χ0v) is 9.49. The molecule has 0 radical (unpaired) electrons. The first kappa shape index (κ1) is 12.8. The fraction of sp³-hybridized carbons (Fsp3) is 0.889. The van der Waals surface area contributed by atoms with Crippen molar-refractivity contribution in [3.63, 3.8) is 0 Å². The maximum Gasteiger partial charge on any atom is 0.237 e. The summed E-state index contributed by atoms with van der Waals surface area (Å²) in [6.07, 6.45) is 3.07. The number of carbonyl (C=O) groups is 1. The summed E-state index contributed by atoms with van der Waals surface area (Å²) in [7, 11) is 0. The molecule has 0 aliphatic rings.